The van der Waals surface area contributed by atoms with E-state index in [1.165, 1.54) is 7.11 Å². The molecule has 0 saturated heterocycles. The molecule has 116 valence electrons. The van der Waals surface area contributed by atoms with Gasteiger partial charge in [-0.15, -0.1) is 0 Å². The van der Waals surface area contributed by atoms with Crippen molar-refractivity contribution in [1.29, 1.82) is 0 Å². The van der Waals surface area contributed by atoms with E-state index in [4.69, 9.17) is 4.74 Å². The number of hydrogen-bond acceptors (Lipinski definition) is 3. The standard InChI is InChI=1S/C19H22O3/c1-12-5-8-15(9-6-12)17(18(20)19(21)22-4)16-10-7-13(2)11-14(16)3/h5-11,17-18,20H,1-4H3/t17-,18-/m0/s1. The normalized spacial score (nSPS) is 13.5. The highest BCUT2D eigenvalue weighted by Crippen LogP contribution is 2.31. The van der Waals surface area contributed by atoms with Gasteiger partial charge in [-0.25, -0.2) is 4.79 Å². The summed E-state index contributed by atoms with van der Waals surface area (Å²) in [6, 6.07) is 13.9. The molecule has 22 heavy (non-hydrogen) atoms. The summed E-state index contributed by atoms with van der Waals surface area (Å²) in [4.78, 5) is 11.9. The Morgan fingerprint density at radius 3 is 2.14 bits per heavy atom. The summed E-state index contributed by atoms with van der Waals surface area (Å²) in [6.45, 7) is 6.02. The number of aliphatic hydroxyl groups is 1. The number of methoxy groups -OCH3 is 1. The second-order valence-electron chi connectivity index (χ2n) is 5.72. The van der Waals surface area contributed by atoms with Crippen molar-refractivity contribution in [3.8, 4) is 0 Å². The molecule has 0 unspecified atom stereocenters. The van der Waals surface area contributed by atoms with Crippen molar-refractivity contribution in [2.75, 3.05) is 7.11 Å². The highest BCUT2D eigenvalue weighted by molar-refractivity contribution is 5.76. The molecule has 0 aliphatic rings. The third kappa shape index (κ3) is 3.37. The lowest BCUT2D eigenvalue weighted by Gasteiger charge is -2.24. The van der Waals surface area contributed by atoms with Gasteiger partial charge in [0.1, 0.15) is 0 Å². The van der Waals surface area contributed by atoms with Crippen molar-refractivity contribution in [2.24, 2.45) is 0 Å². The molecular weight excluding hydrogens is 276 g/mol. The van der Waals surface area contributed by atoms with E-state index in [9.17, 15) is 9.90 Å². The number of aliphatic hydroxyl groups excluding tert-OH is 1. The Morgan fingerprint density at radius 1 is 1.00 bits per heavy atom. The number of ether oxygens (including phenoxy) is 1. The van der Waals surface area contributed by atoms with Crippen LogP contribution in [0.3, 0.4) is 0 Å². The number of benzene rings is 2. The number of carbonyl (C=O) groups excluding carboxylic acids is 1. The van der Waals surface area contributed by atoms with Gasteiger partial charge in [-0.2, -0.15) is 0 Å². The molecule has 0 spiro atoms. The first-order valence-corrected chi connectivity index (χ1v) is 7.33. The van der Waals surface area contributed by atoms with Crippen LogP contribution in [0.2, 0.25) is 0 Å². The zero-order valence-electron chi connectivity index (χ0n) is 13.5. The summed E-state index contributed by atoms with van der Waals surface area (Å²) in [6.07, 6.45) is -1.23. The van der Waals surface area contributed by atoms with E-state index in [1.54, 1.807) is 0 Å². The first-order valence-electron chi connectivity index (χ1n) is 7.33. The minimum Gasteiger partial charge on any atom is -0.467 e. The highest BCUT2D eigenvalue weighted by Gasteiger charge is 2.30. The van der Waals surface area contributed by atoms with Gasteiger partial charge >= 0.3 is 5.97 Å². The fourth-order valence-electron chi connectivity index (χ4n) is 2.74. The Labute approximate surface area is 131 Å². The van der Waals surface area contributed by atoms with Gasteiger partial charge in [0.2, 0.25) is 0 Å². The zero-order valence-corrected chi connectivity index (χ0v) is 13.5. The first kappa shape index (κ1) is 16.2. The molecule has 3 nitrogen and oxygen atoms in total. The largest absolute Gasteiger partial charge is 0.467 e. The summed E-state index contributed by atoms with van der Waals surface area (Å²) in [5.41, 5.74) is 5.17. The van der Waals surface area contributed by atoms with Crippen molar-refractivity contribution < 1.29 is 14.6 Å². The van der Waals surface area contributed by atoms with Crippen molar-refractivity contribution in [3.05, 3.63) is 70.3 Å². The topological polar surface area (TPSA) is 46.5 Å². The quantitative estimate of drug-likeness (QED) is 0.881. The molecule has 0 aliphatic heterocycles. The van der Waals surface area contributed by atoms with Gasteiger partial charge in [0.05, 0.1) is 7.11 Å². The van der Waals surface area contributed by atoms with Crippen LogP contribution in [-0.4, -0.2) is 24.3 Å². The third-order valence-corrected chi connectivity index (χ3v) is 3.96. The maximum Gasteiger partial charge on any atom is 0.335 e. The second-order valence-corrected chi connectivity index (χ2v) is 5.72. The number of hydrogen-bond donors (Lipinski definition) is 1. The minimum absolute atomic E-state index is 0.436. The zero-order chi connectivity index (χ0) is 16.3. The van der Waals surface area contributed by atoms with Crippen LogP contribution in [0.25, 0.3) is 0 Å². The van der Waals surface area contributed by atoms with Crippen LogP contribution >= 0.6 is 0 Å². The first-order chi connectivity index (χ1) is 10.4. The SMILES string of the molecule is COC(=O)[C@@H](O)[C@@H](c1ccc(C)cc1)c1ccc(C)cc1C. The Bertz CT molecular complexity index is 659. The molecule has 0 amide bonds. The maximum absolute atomic E-state index is 11.9. The molecule has 1 N–H and O–H groups in total. The summed E-state index contributed by atoms with van der Waals surface area (Å²) in [7, 11) is 1.29. The Balaban J connectivity index is 2.54. The van der Waals surface area contributed by atoms with Crippen LogP contribution in [0.5, 0.6) is 0 Å². The van der Waals surface area contributed by atoms with Gasteiger partial charge < -0.3 is 9.84 Å². The average molecular weight is 298 g/mol. The van der Waals surface area contributed by atoms with Crippen LogP contribution in [0.4, 0.5) is 0 Å². The second kappa shape index (κ2) is 6.75. The van der Waals surface area contributed by atoms with Crippen molar-refractivity contribution in [3.63, 3.8) is 0 Å². The predicted molar refractivity (Wildman–Crippen MR) is 87.0 cm³/mol. The monoisotopic (exact) mass is 298 g/mol. The fourth-order valence-corrected chi connectivity index (χ4v) is 2.74. The molecule has 3 heteroatoms. The number of rotatable bonds is 4. The molecule has 0 bridgehead atoms. The van der Waals surface area contributed by atoms with E-state index >= 15 is 0 Å². The van der Waals surface area contributed by atoms with Gasteiger partial charge in [0, 0.05) is 5.92 Å². The summed E-state index contributed by atoms with van der Waals surface area (Å²) in [5, 5.41) is 10.5. The maximum atomic E-state index is 11.9. The van der Waals surface area contributed by atoms with Crippen LogP contribution in [0.15, 0.2) is 42.5 Å². The molecule has 0 radical (unpaired) electrons. The lowest BCUT2D eigenvalue weighted by Crippen LogP contribution is -2.30. The fraction of sp³-hybridized carbons (Fsp3) is 0.316. The Hall–Kier alpha value is -2.13. The van der Waals surface area contributed by atoms with E-state index < -0.39 is 18.0 Å². The predicted octanol–water partition coefficient (Wildman–Crippen LogP) is 3.28. The third-order valence-electron chi connectivity index (χ3n) is 3.96. The Morgan fingerprint density at radius 2 is 1.59 bits per heavy atom. The van der Waals surface area contributed by atoms with Gasteiger partial charge in [0.25, 0.3) is 0 Å². The van der Waals surface area contributed by atoms with Gasteiger partial charge in [0.15, 0.2) is 6.10 Å². The van der Waals surface area contributed by atoms with Gasteiger partial charge in [-0.1, -0.05) is 53.6 Å². The molecule has 2 rings (SSSR count). The van der Waals surface area contributed by atoms with E-state index in [-0.39, 0.29) is 0 Å². The molecule has 0 saturated carbocycles. The molecule has 0 aliphatic carbocycles. The molecule has 0 aromatic heterocycles. The van der Waals surface area contributed by atoms with E-state index in [0.29, 0.717) is 0 Å². The molecule has 2 atom stereocenters. The lowest BCUT2D eigenvalue weighted by molar-refractivity contribution is -0.151. The minimum atomic E-state index is -1.23. The van der Waals surface area contributed by atoms with E-state index in [2.05, 4.69) is 6.07 Å². The Kier molecular flexibility index (Phi) is 4.99. The molecule has 2 aromatic rings. The van der Waals surface area contributed by atoms with Crippen LogP contribution in [0, 0.1) is 20.8 Å². The molecular formula is C19H22O3. The highest BCUT2D eigenvalue weighted by atomic mass is 16.5. The number of carbonyl (C=O) groups is 1. The smallest absolute Gasteiger partial charge is 0.335 e. The average Bonchev–Trinajstić information content (AvgIpc) is 2.50. The lowest BCUT2D eigenvalue weighted by atomic mass is 9.83. The van der Waals surface area contributed by atoms with Crippen molar-refractivity contribution in [1.82, 2.24) is 0 Å². The van der Waals surface area contributed by atoms with E-state index in [0.717, 1.165) is 27.8 Å². The van der Waals surface area contributed by atoms with Crippen molar-refractivity contribution >= 4 is 5.97 Å². The molecule has 2 aromatic carbocycles. The van der Waals surface area contributed by atoms with Crippen molar-refractivity contribution in [2.45, 2.75) is 32.8 Å². The van der Waals surface area contributed by atoms with Crippen LogP contribution < -0.4 is 0 Å². The number of esters is 1. The summed E-state index contributed by atoms with van der Waals surface area (Å²) >= 11 is 0. The van der Waals surface area contributed by atoms with Gasteiger partial charge in [-0.3, -0.25) is 0 Å². The summed E-state index contributed by atoms with van der Waals surface area (Å²) in [5.74, 6) is -1.06. The number of aryl methyl sites for hydroxylation is 3. The van der Waals surface area contributed by atoms with Gasteiger partial charge in [-0.05, 0) is 37.5 Å². The van der Waals surface area contributed by atoms with Crippen LogP contribution in [0.1, 0.15) is 33.7 Å². The van der Waals surface area contributed by atoms with E-state index in [1.807, 2.05) is 57.2 Å². The van der Waals surface area contributed by atoms with Crippen LogP contribution in [-0.2, 0) is 9.53 Å². The summed E-state index contributed by atoms with van der Waals surface area (Å²) < 4.78 is 4.73. The molecule has 0 fully saturated rings. The molecule has 0 heterocycles.